The largest absolute Gasteiger partial charge is 0.454 e. The van der Waals surface area contributed by atoms with E-state index in [1.54, 1.807) is 30.3 Å². The minimum Gasteiger partial charge on any atom is -0.454 e. The smallest absolute Gasteiger partial charge is 0.331 e. The van der Waals surface area contributed by atoms with Crippen molar-refractivity contribution in [3.05, 3.63) is 35.9 Å². The van der Waals surface area contributed by atoms with Crippen LogP contribution >= 0.6 is 0 Å². The van der Waals surface area contributed by atoms with Gasteiger partial charge in [-0.3, -0.25) is 9.59 Å². The van der Waals surface area contributed by atoms with Crippen molar-refractivity contribution in [3.63, 3.8) is 0 Å². The van der Waals surface area contributed by atoms with E-state index >= 15 is 0 Å². The van der Waals surface area contributed by atoms with Crippen LogP contribution in [0.2, 0.25) is 0 Å². The number of carbonyl (C=O) groups is 3. The molecule has 2 fully saturated rings. The molecule has 1 atom stereocenters. The average Bonchev–Trinajstić information content (AvgIpc) is 2.83. The molecule has 1 unspecified atom stereocenters. The van der Waals surface area contributed by atoms with Gasteiger partial charge in [-0.2, -0.15) is 0 Å². The van der Waals surface area contributed by atoms with Crippen LogP contribution in [0.25, 0.3) is 0 Å². The fraction of sp³-hybridized carbons (Fsp3) is 0.625. The number of rotatable bonds is 8. The molecule has 0 radical (unpaired) electrons. The van der Waals surface area contributed by atoms with Crippen LogP contribution in [0.3, 0.4) is 0 Å². The van der Waals surface area contributed by atoms with E-state index < -0.39 is 24.5 Å². The number of hydrogen-bond donors (Lipinski definition) is 2. The van der Waals surface area contributed by atoms with E-state index in [4.69, 9.17) is 4.74 Å². The third-order valence-electron chi connectivity index (χ3n) is 6.37. The van der Waals surface area contributed by atoms with Crippen LogP contribution in [-0.4, -0.2) is 59.1 Å². The van der Waals surface area contributed by atoms with Crippen molar-refractivity contribution >= 4 is 17.8 Å². The molecule has 0 saturated heterocycles. The van der Waals surface area contributed by atoms with Gasteiger partial charge in [0.15, 0.2) is 12.6 Å². The number of nitrogens with one attached hydrogen (secondary N) is 1. The van der Waals surface area contributed by atoms with Crippen molar-refractivity contribution in [3.8, 4) is 0 Å². The summed E-state index contributed by atoms with van der Waals surface area (Å²) in [6.07, 6.45) is 10.9. The molecule has 2 amide bonds. The standard InChI is InChI=1S/C24H34N2O5/c27-16-21(25-23(29)18-10-4-1-5-11-18)24(30)31-17-22(28)26(19-12-6-2-7-13-19)20-14-8-3-9-15-20/h1,4-5,10-11,19-21,27H,2-3,6-9,12-17H2,(H,25,29). The Kier molecular flexibility index (Phi) is 8.88. The van der Waals surface area contributed by atoms with Gasteiger partial charge < -0.3 is 20.1 Å². The molecular weight excluding hydrogens is 396 g/mol. The van der Waals surface area contributed by atoms with Crippen LogP contribution in [0, 0.1) is 0 Å². The molecule has 0 heterocycles. The molecule has 0 bridgehead atoms. The number of aliphatic hydroxyl groups excluding tert-OH is 1. The van der Waals surface area contributed by atoms with E-state index in [-0.39, 0.29) is 24.6 Å². The second-order valence-electron chi connectivity index (χ2n) is 8.57. The highest BCUT2D eigenvalue weighted by atomic mass is 16.5. The molecule has 7 heteroatoms. The lowest BCUT2D eigenvalue weighted by Gasteiger charge is -2.41. The van der Waals surface area contributed by atoms with Crippen LogP contribution < -0.4 is 5.32 Å². The van der Waals surface area contributed by atoms with Gasteiger partial charge in [-0.05, 0) is 37.8 Å². The van der Waals surface area contributed by atoms with Gasteiger partial charge in [-0.15, -0.1) is 0 Å². The summed E-state index contributed by atoms with van der Waals surface area (Å²) in [4.78, 5) is 39.8. The first-order valence-electron chi connectivity index (χ1n) is 11.5. The van der Waals surface area contributed by atoms with Gasteiger partial charge in [0.1, 0.15) is 0 Å². The molecule has 0 aliphatic heterocycles. The predicted octanol–water partition coefficient (Wildman–Crippen LogP) is 2.81. The normalized spacial score (nSPS) is 18.7. The Labute approximate surface area is 184 Å². The second-order valence-corrected chi connectivity index (χ2v) is 8.57. The number of carbonyl (C=O) groups excluding carboxylic acids is 3. The van der Waals surface area contributed by atoms with Crippen LogP contribution in [0.1, 0.15) is 74.6 Å². The van der Waals surface area contributed by atoms with Crippen LogP contribution in [0.4, 0.5) is 0 Å². The van der Waals surface area contributed by atoms with Gasteiger partial charge >= 0.3 is 5.97 Å². The highest BCUT2D eigenvalue weighted by Gasteiger charge is 2.33. The number of benzene rings is 1. The minimum absolute atomic E-state index is 0.168. The van der Waals surface area contributed by atoms with E-state index in [0.29, 0.717) is 5.56 Å². The van der Waals surface area contributed by atoms with Gasteiger partial charge in [0.25, 0.3) is 11.8 Å². The van der Waals surface area contributed by atoms with Gasteiger partial charge in [0.2, 0.25) is 0 Å². The number of nitrogens with zero attached hydrogens (tertiary/aromatic N) is 1. The molecule has 7 nitrogen and oxygen atoms in total. The molecule has 0 spiro atoms. The maximum atomic E-state index is 13.1. The SMILES string of the molecule is O=C(NC(CO)C(=O)OCC(=O)N(C1CCCCC1)C1CCCCC1)c1ccccc1. The molecule has 2 aliphatic carbocycles. The quantitative estimate of drug-likeness (QED) is 0.619. The first-order chi connectivity index (χ1) is 15.1. The van der Waals surface area contributed by atoms with Crippen molar-refractivity contribution in [1.29, 1.82) is 0 Å². The summed E-state index contributed by atoms with van der Waals surface area (Å²) >= 11 is 0. The number of aliphatic hydroxyl groups is 1. The average molecular weight is 431 g/mol. The van der Waals surface area contributed by atoms with Crippen LogP contribution in [-0.2, 0) is 14.3 Å². The fourth-order valence-electron chi connectivity index (χ4n) is 4.74. The van der Waals surface area contributed by atoms with E-state index in [2.05, 4.69) is 5.32 Å². The third-order valence-corrected chi connectivity index (χ3v) is 6.37. The lowest BCUT2D eigenvalue weighted by Crippen LogP contribution is -2.51. The second kappa shape index (κ2) is 11.8. The highest BCUT2D eigenvalue weighted by molar-refractivity contribution is 5.97. The summed E-state index contributed by atoms with van der Waals surface area (Å²) in [7, 11) is 0. The van der Waals surface area contributed by atoms with Crippen molar-refractivity contribution in [2.75, 3.05) is 13.2 Å². The monoisotopic (exact) mass is 430 g/mol. The summed E-state index contributed by atoms with van der Waals surface area (Å²) in [5, 5.41) is 12.0. The Morgan fingerprint density at radius 1 is 0.935 bits per heavy atom. The molecule has 1 aromatic carbocycles. The van der Waals surface area contributed by atoms with E-state index in [1.165, 1.54) is 12.8 Å². The fourth-order valence-corrected chi connectivity index (χ4v) is 4.74. The number of hydrogen-bond acceptors (Lipinski definition) is 5. The maximum Gasteiger partial charge on any atom is 0.331 e. The summed E-state index contributed by atoms with van der Waals surface area (Å²) < 4.78 is 5.25. The summed E-state index contributed by atoms with van der Waals surface area (Å²) in [5.41, 5.74) is 0.380. The predicted molar refractivity (Wildman–Crippen MR) is 116 cm³/mol. The number of amides is 2. The zero-order valence-electron chi connectivity index (χ0n) is 18.1. The molecule has 170 valence electrons. The number of esters is 1. The molecule has 1 aromatic rings. The Hall–Kier alpha value is -2.41. The summed E-state index contributed by atoms with van der Waals surface area (Å²) in [5.74, 6) is -1.44. The molecule has 0 aromatic heterocycles. The molecular formula is C24H34N2O5. The summed E-state index contributed by atoms with van der Waals surface area (Å²) in [6, 6.07) is 7.66. The molecule has 2 saturated carbocycles. The van der Waals surface area contributed by atoms with Crippen LogP contribution in [0.15, 0.2) is 30.3 Å². The van der Waals surface area contributed by atoms with Crippen molar-refractivity contribution in [1.82, 2.24) is 10.2 Å². The first-order valence-corrected chi connectivity index (χ1v) is 11.5. The van der Waals surface area contributed by atoms with Crippen molar-refractivity contribution < 1.29 is 24.2 Å². The molecule has 31 heavy (non-hydrogen) atoms. The third kappa shape index (κ3) is 6.53. The topological polar surface area (TPSA) is 95.9 Å². The van der Waals surface area contributed by atoms with E-state index in [9.17, 15) is 19.5 Å². The lowest BCUT2D eigenvalue weighted by molar-refractivity contribution is -0.157. The van der Waals surface area contributed by atoms with Gasteiger partial charge in [0, 0.05) is 17.6 Å². The Balaban J connectivity index is 1.57. The zero-order chi connectivity index (χ0) is 22.1. The maximum absolute atomic E-state index is 13.1. The highest BCUT2D eigenvalue weighted by Crippen LogP contribution is 2.30. The van der Waals surface area contributed by atoms with Crippen molar-refractivity contribution in [2.45, 2.75) is 82.3 Å². The Morgan fingerprint density at radius 2 is 1.48 bits per heavy atom. The van der Waals surface area contributed by atoms with Gasteiger partial charge in [0.05, 0.1) is 6.61 Å². The van der Waals surface area contributed by atoms with Crippen LogP contribution in [0.5, 0.6) is 0 Å². The molecule has 2 aliphatic rings. The zero-order valence-corrected chi connectivity index (χ0v) is 18.1. The first kappa shape index (κ1) is 23.3. The minimum atomic E-state index is -1.21. The van der Waals surface area contributed by atoms with Crippen molar-refractivity contribution in [2.24, 2.45) is 0 Å². The molecule has 2 N–H and O–H groups in total. The van der Waals surface area contributed by atoms with E-state index in [0.717, 1.165) is 51.4 Å². The van der Waals surface area contributed by atoms with Gasteiger partial charge in [-0.1, -0.05) is 56.7 Å². The Bertz CT molecular complexity index is 709. The number of ether oxygens (including phenoxy) is 1. The lowest BCUT2D eigenvalue weighted by atomic mass is 9.88. The molecule has 3 rings (SSSR count). The van der Waals surface area contributed by atoms with E-state index in [1.807, 2.05) is 4.90 Å². The van der Waals surface area contributed by atoms with Gasteiger partial charge in [-0.25, -0.2) is 4.79 Å². The summed E-state index contributed by atoms with van der Waals surface area (Å²) in [6.45, 7) is -0.954. The Morgan fingerprint density at radius 3 is 2.00 bits per heavy atom.